The van der Waals surface area contributed by atoms with Gasteiger partial charge in [0.1, 0.15) is 5.54 Å². The molecule has 0 unspecified atom stereocenters. The molecule has 0 bridgehead atoms. The summed E-state index contributed by atoms with van der Waals surface area (Å²) in [6.07, 6.45) is 5.47. The summed E-state index contributed by atoms with van der Waals surface area (Å²) in [6.45, 7) is 0.659. The van der Waals surface area contributed by atoms with Gasteiger partial charge in [0.05, 0.1) is 23.4 Å². The molecule has 3 rings (SSSR count). The molecule has 2 aromatic rings. The molecular formula is C19H25ClN6O4S. The van der Waals surface area contributed by atoms with E-state index in [1.165, 1.54) is 31.6 Å². The number of fused-ring (bicyclic) bond motifs is 1. The Morgan fingerprint density at radius 1 is 1.32 bits per heavy atom. The third-order valence-corrected chi connectivity index (χ3v) is 6.92. The number of benzene rings is 1. The van der Waals surface area contributed by atoms with E-state index in [1.54, 1.807) is 6.07 Å². The number of pyridine rings is 1. The Morgan fingerprint density at radius 2 is 2.06 bits per heavy atom. The lowest BCUT2D eigenvalue weighted by molar-refractivity contribution is -0.127. The molecule has 10 nitrogen and oxygen atoms in total. The number of rotatable bonds is 8. The van der Waals surface area contributed by atoms with Gasteiger partial charge in [-0.25, -0.2) is 8.42 Å². The topological polar surface area (TPSA) is 148 Å². The van der Waals surface area contributed by atoms with E-state index in [9.17, 15) is 13.2 Å². The first-order chi connectivity index (χ1) is 14.8. The maximum absolute atomic E-state index is 13.2. The van der Waals surface area contributed by atoms with Gasteiger partial charge in [0.2, 0.25) is 21.9 Å². The van der Waals surface area contributed by atoms with Gasteiger partial charge in [-0.15, -0.1) is 4.51 Å². The van der Waals surface area contributed by atoms with Crippen molar-refractivity contribution in [3.8, 4) is 0 Å². The van der Waals surface area contributed by atoms with E-state index in [1.807, 2.05) is 0 Å². The van der Waals surface area contributed by atoms with E-state index in [0.717, 1.165) is 12.8 Å². The van der Waals surface area contributed by atoms with E-state index in [4.69, 9.17) is 22.2 Å². The highest BCUT2D eigenvalue weighted by Crippen LogP contribution is 2.32. The molecule has 5 N–H and O–H groups in total. The van der Waals surface area contributed by atoms with Crippen molar-refractivity contribution < 1.29 is 17.9 Å². The summed E-state index contributed by atoms with van der Waals surface area (Å²) in [5, 5.41) is 6.82. The second-order valence-corrected chi connectivity index (χ2v) is 9.16. The van der Waals surface area contributed by atoms with Crippen molar-refractivity contribution in [3.05, 3.63) is 30.6 Å². The van der Waals surface area contributed by atoms with Crippen molar-refractivity contribution in [3.63, 3.8) is 0 Å². The number of halogens is 1. The summed E-state index contributed by atoms with van der Waals surface area (Å²) < 4.78 is 37.3. The number of aromatic nitrogens is 1. The Kier molecular flexibility index (Phi) is 7.31. The first-order valence-electron chi connectivity index (χ1n) is 9.72. The summed E-state index contributed by atoms with van der Waals surface area (Å²) in [7, 11) is -2.44. The fraction of sp³-hybridized carbons (Fsp3) is 0.421. The highest BCUT2D eigenvalue weighted by Gasteiger charge is 2.44. The lowest BCUT2D eigenvalue weighted by atomic mass is 9.98. The maximum Gasteiger partial charge on any atom is 0.241 e. The highest BCUT2D eigenvalue weighted by atomic mass is 35.5. The van der Waals surface area contributed by atoms with Crippen LogP contribution in [-0.2, 0) is 19.6 Å². The van der Waals surface area contributed by atoms with Gasteiger partial charge >= 0.3 is 0 Å². The molecule has 1 saturated carbocycles. The lowest BCUT2D eigenvalue weighted by Crippen LogP contribution is -2.57. The van der Waals surface area contributed by atoms with Gasteiger partial charge in [0.25, 0.3) is 0 Å². The van der Waals surface area contributed by atoms with E-state index < -0.39 is 15.6 Å². The van der Waals surface area contributed by atoms with Gasteiger partial charge in [-0.05, 0) is 25.0 Å². The third-order valence-electron chi connectivity index (χ3n) is 5.21. The number of nitrogens with two attached hydrogens (primary N) is 1. The molecule has 31 heavy (non-hydrogen) atoms. The average Bonchev–Trinajstić information content (AvgIpc) is 3.22. The second kappa shape index (κ2) is 9.77. The van der Waals surface area contributed by atoms with E-state index in [-0.39, 0.29) is 16.8 Å². The lowest BCUT2D eigenvalue weighted by Gasteiger charge is -2.28. The van der Waals surface area contributed by atoms with Crippen molar-refractivity contribution >= 4 is 50.1 Å². The van der Waals surface area contributed by atoms with Crippen LogP contribution in [0, 0.1) is 0 Å². The molecule has 1 fully saturated rings. The van der Waals surface area contributed by atoms with Crippen molar-refractivity contribution in [1.82, 2.24) is 15.0 Å². The molecule has 1 aliphatic carbocycles. The molecule has 1 aliphatic rings. The SMILES string of the molecule is COCCNC(=O)C1(NS(=O)(=O)c2ccc3c(NC(N)=NCl)cncc3c2)CCCC1. The molecule has 1 aromatic carbocycles. The molecule has 0 spiro atoms. The number of carbonyl (C=O) groups is 1. The molecular weight excluding hydrogens is 444 g/mol. The van der Waals surface area contributed by atoms with Crippen LogP contribution in [-0.4, -0.2) is 51.1 Å². The Bertz CT molecular complexity index is 1090. The summed E-state index contributed by atoms with van der Waals surface area (Å²) in [5.74, 6) is -0.354. The van der Waals surface area contributed by atoms with Gasteiger partial charge in [0.15, 0.2) is 0 Å². The van der Waals surface area contributed by atoms with Crippen molar-refractivity contribution in [1.29, 1.82) is 0 Å². The van der Waals surface area contributed by atoms with Gasteiger partial charge in [-0.2, -0.15) is 4.72 Å². The quantitative estimate of drug-likeness (QED) is 0.260. The second-order valence-electron chi connectivity index (χ2n) is 7.31. The number of nitrogens with zero attached hydrogens (tertiary/aromatic N) is 2. The molecule has 1 amide bonds. The van der Waals surface area contributed by atoms with Crippen LogP contribution in [0.1, 0.15) is 25.7 Å². The van der Waals surface area contributed by atoms with Crippen LogP contribution in [0.25, 0.3) is 10.8 Å². The van der Waals surface area contributed by atoms with Crippen molar-refractivity contribution in [2.45, 2.75) is 36.1 Å². The minimum atomic E-state index is -3.97. The van der Waals surface area contributed by atoms with Crippen LogP contribution in [0.2, 0.25) is 0 Å². The molecule has 1 aromatic heterocycles. The first-order valence-corrected chi connectivity index (χ1v) is 11.5. The molecule has 0 aliphatic heterocycles. The Morgan fingerprint density at radius 3 is 2.74 bits per heavy atom. The van der Waals surface area contributed by atoms with Crippen LogP contribution in [0.3, 0.4) is 0 Å². The molecule has 12 heteroatoms. The number of guanidine groups is 1. The monoisotopic (exact) mass is 468 g/mol. The largest absolute Gasteiger partial charge is 0.383 e. The van der Waals surface area contributed by atoms with Crippen LogP contribution < -0.4 is 21.1 Å². The summed E-state index contributed by atoms with van der Waals surface area (Å²) in [4.78, 5) is 16.9. The normalized spacial score (nSPS) is 16.4. The number of anilines is 1. The predicted octanol–water partition coefficient (Wildman–Crippen LogP) is 1.47. The van der Waals surface area contributed by atoms with Crippen LogP contribution in [0.15, 0.2) is 40.0 Å². The van der Waals surface area contributed by atoms with Crippen molar-refractivity contribution in [2.24, 2.45) is 10.2 Å². The number of nitrogens with one attached hydrogen (secondary N) is 3. The first kappa shape index (κ1) is 23.2. The summed E-state index contributed by atoms with van der Waals surface area (Å²) >= 11 is 5.35. The summed E-state index contributed by atoms with van der Waals surface area (Å²) in [6, 6.07) is 4.60. The van der Waals surface area contributed by atoms with Crippen LogP contribution >= 0.6 is 11.8 Å². The highest BCUT2D eigenvalue weighted by molar-refractivity contribution is 7.89. The number of sulfonamides is 1. The molecule has 1 heterocycles. The molecule has 0 saturated heterocycles. The maximum atomic E-state index is 13.2. The molecule has 0 radical (unpaired) electrons. The minimum absolute atomic E-state index is 0.0167. The third kappa shape index (κ3) is 5.24. The fourth-order valence-electron chi connectivity index (χ4n) is 3.69. The fourth-order valence-corrected chi connectivity index (χ4v) is 5.19. The Balaban J connectivity index is 1.89. The zero-order chi connectivity index (χ0) is 22.5. The van der Waals surface area contributed by atoms with E-state index >= 15 is 0 Å². The smallest absolute Gasteiger partial charge is 0.241 e. The number of hydrogen-bond donors (Lipinski definition) is 4. The zero-order valence-electron chi connectivity index (χ0n) is 17.0. The van der Waals surface area contributed by atoms with E-state index in [2.05, 4.69) is 24.9 Å². The number of ether oxygens (including phenoxy) is 1. The standard InChI is InChI=1S/C19H25ClN6O4S/c1-30-9-8-23-17(27)19(6-2-3-7-19)26-31(28,29)14-4-5-15-13(10-14)11-22-12-16(15)24-18(21)25-20/h4-5,10-12,26H,2-3,6-9H2,1H3,(H,23,27)(H3,21,24,25). The number of hydrogen-bond acceptors (Lipinski definition) is 6. The number of methoxy groups -OCH3 is 1. The van der Waals surface area contributed by atoms with Crippen LogP contribution in [0.5, 0.6) is 0 Å². The van der Waals surface area contributed by atoms with Gasteiger partial charge < -0.3 is 21.1 Å². The van der Waals surface area contributed by atoms with Crippen LogP contribution in [0.4, 0.5) is 5.69 Å². The van der Waals surface area contributed by atoms with Gasteiger partial charge in [-0.1, -0.05) is 18.9 Å². The van der Waals surface area contributed by atoms with Crippen molar-refractivity contribution in [2.75, 3.05) is 25.6 Å². The molecule has 0 atom stereocenters. The molecule has 168 valence electrons. The average molecular weight is 469 g/mol. The Labute approximate surface area is 185 Å². The number of carbonyl (C=O) groups excluding carboxylic acids is 1. The van der Waals surface area contributed by atoms with Gasteiger partial charge in [0, 0.05) is 42.4 Å². The number of amides is 1. The van der Waals surface area contributed by atoms with Gasteiger partial charge in [-0.3, -0.25) is 9.78 Å². The minimum Gasteiger partial charge on any atom is -0.383 e. The Hall–Kier alpha value is -2.47. The zero-order valence-corrected chi connectivity index (χ0v) is 18.6. The summed E-state index contributed by atoms with van der Waals surface area (Å²) in [5.41, 5.74) is 4.96. The predicted molar refractivity (Wildman–Crippen MR) is 119 cm³/mol. The van der Waals surface area contributed by atoms with E-state index in [0.29, 0.717) is 42.5 Å².